The first kappa shape index (κ1) is 15.3. The van der Waals surface area contributed by atoms with Crippen LogP contribution in [-0.4, -0.2) is 9.94 Å². The lowest BCUT2D eigenvalue weighted by molar-refractivity contribution is -0.600. The molecule has 1 N–H and O–H groups in total. The predicted molar refractivity (Wildman–Crippen MR) is 98.4 cm³/mol. The molecule has 0 fully saturated rings. The fraction of sp³-hybridized carbons (Fsp3) is 0.0952. The van der Waals surface area contributed by atoms with Gasteiger partial charge in [-0.05, 0) is 28.5 Å². The summed E-state index contributed by atoms with van der Waals surface area (Å²) in [5.41, 5.74) is 3.62. The molecule has 4 aromatic rings. The first-order chi connectivity index (χ1) is 12.1. The van der Waals surface area contributed by atoms with Gasteiger partial charge in [0.2, 0.25) is 5.69 Å². The zero-order valence-corrected chi connectivity index (χ0v) is 14.1. The topological polar surface area (TPSA) is 52.1 Å². The molecule has 0 unspecified atom stereocenters. The van der Waals surface area contributed by atoms with Gasteiger partial charge in [0.25, 0.3) is 0 Å². The molecule has 0 aliphatic carbocycles. The maximum absolute atomic E-state index is 12.8. The van der Waals surface area contributed by atoms with Crippen molar-refractivity contribution in [2.24, 2.45) is 0 Å². The number of aryl methyl sites for hydroxylation is 1. The van der Waals surface area contributed by atoms with Crippen molar-refractivity contribution in [1.82, 2.24) is 4.73 Å². The fourth-order valence-corrected chi connectivity index (χ4v) is 3.29. The number of fused-ring (bicyclic) bond motifs is 1. The summed E-state index contributed by atoms with van der Waals surface area (Å²) in [4.78, 5) is 0. The summed E-state index contributed by atoms with van der Waals surface area (Å²) >= 11 is 0. The first-order valence-corrected chi connectivity index (χ1v) is 8.17. The Morgan fingerprint density at radius 3 is 2.32 bits per heavy atom. The molecule has 0 radical (unpaired) electrons. The zero-order chi connectivity index (χ0) is 17.6. The van der Waals surface area contributed by atoms with Crippen molar-refractivity contribution >= 4 is 10.8 Å². The Hall–Kier alpha value is -3.27. The number of imidazole rings is 1. The highest BCUT2D eigenvalue weighted by molar-refractivity contribution is 5.94. The Labute approximate surface area is 145 Å². The van der Waals surface area contributed by atoms with Gasteiger partial charge in [0.15, 0.2) is 5.69 Å². The molecule has 4 nitrogen and oxygen atoms in total. The van der Waals surface area contributed by atoms with E-state index >= 15 is 0 Å². The number of benzene rings is 3. The van der Waals surface area contributed by atoms with Gasteiger partial charge in [-0.3, -0.25) is 0 Å². The lowest BCUT2D eigenvalue weighted by Crippen LogP contribution is -2.30. The second-order valence-electron chi connectivity index (χ2n) is 6.26. The third-order valence-electron chi connectivity index (χ3n) is 4.61. The third kappa shape index (κ3) is 2.34. The molecule has 1 heterocycles. The van der Waals surface area contributed by atoms with Crippen LogP contribution >= 0.6 is 0 Å². The summed E-state index contributed by atoms with van der Waals surface area (Å²) in [7, 11) is 0. The fourth-order valence-electron chi connectivity index (χ4n) is 3.29. The Kier molecular flexibility index (Phi) is 3.46. The Balaban J connectivity index is 2.00. The molecule has 0 saturated heterocycles. The maximum atomic E-state index is 12.8. The lowest BCUT2D eigenvalue weighted by Gasteiger charge is -2.07. The van der Waals surface area contributed by atoms with Crippen molar-refractivity contribution in [3.8, 4) is 22.6 Å². The summed E-state index contributed by atoms with van der Waals surface area (Å²) in [5.74, 6) is 0.227. The van der Waals surface area contributed by atoms with Crippen LogP contribution in [0.15, 0.2) is 66.7 Å². The Bertz CT molecular complexity index is 1070. The molecule has 3 aromatic carbocycles. The quantitative estimate of drug-likeness (QED) is 0.335. The molecule has 25 heavy (non-hydrogen) atoms. The van der Waals surface area contributed by atoms with Gasteiger partial charge in [-0.1, -0.05) is 66.2 Å². The minimum absolute atomic E-state index is 0.227. The maximum Gasteiger partial charge on any atom is 0.332 e. The van der Waals surface area contributed by atoms with Crippen LogP contribution in [0.3, 0.4) is 0 Å². The largest absolute Gasteiger partial charge is 0.710 e. The Morgan fingerprint density at radius 1 is 0.880 bits per heavy atom. The highest BCUT2D eigenvalue weighted by atomic mass is 16.5. The molecule has 124 valence electrons. The van der Waals surface area contributed by atoms with E-state index in [1.807, 2.05) is 73.7 Å². The average molecular weight is 330 g/mol. The molecule has 0 aliphatic heterocycles. The van der Waals surface area contributed by atoms with Gasteiger partial charge in [0.1, 0.15) is 0 Å². The van der Waals surface area contributed by atoms with E-state index < -0.39 is 0 Å². The van der Waals surface area contributed by atoms with Crippen molar-refractivity contribution < 1.29 is 9.94 Å². The summed E-state index contributed by atoms with van der Waals surface area (Å²) in [5, 5.41) is 25.6. The number of nitrogens with zero attached hydrogens (tertiary/aromatic N) is 2. The molecule has 1 aromatic heterocycles. The monoisotopic (exact) mass is 330 g/mol. The summed E-state index contributed by atoms with van der Waals surface area (Å²) in [6.07, 6.45) is 0. The van der Waals surface area contributed by atoms with Crippen molar-refractivity contribution in [3.63, 3.8) is 0 Å². The van der Waals surface area contributed by atoms with E-state index in [2.05, 4.69) is 0 Å². The van der Waals surface area contributed by atoms with E-state index in [1.54, 1.807) is 6.92 Å². The van der Waals surface area contributed by atoms with Crippen LogP contribution in [-0.2, 0) is 0 Å². The second-order valence-corrected chi connectivity index (χ2v) is 6.26. The van der Waals surface area contributed by atoms with Gasteiger partial charge >= 0.3 is 5.82 Å². The van der Waals surface area contributed by atoms with Crippen LogP contribution in [0, 0.1) is 19.1 Å². The minimum Gasteiger partial charge on any atom is -0.710 e. The molecule has 0 amide bonds. The van der Waals surface area contributed by atoms with Crippen LogP contribution in [0.4, 0.5) is 0 Å². The number of aromatic nitrogens is 2. The molecule has 0 spiro atoms. The molecule has 0 saturated carbocycles. The van der Waals surface area contributed by atoms with Crippen LogP contribution in [0.25, 0.3) is 33.4 Å². The van der Waals surface area contributed by atoms with E-state index in [9.17, 15) is 10.4 Å². The van der Waals surface area contributed by atoms with Crippen LogP contribution in [0.2, 0.25) is 0 Å². The van der Waals surface area contributed by atoms with Crippen LogP contribution in [0.5, 0.6) is 0 Å². The molecular formula is C21H18N2O2. The summed E-state index contributed by atoms with van der Waals surface area (Å²) < 4.78 is 1.81. The number of hydrogen-bond acceptors (Lipinski definition) is 2. The van der Waals surface area contributed by atoms with Crippen molar-refractivity contribution in [1.29, 1.82) is 0 Å². The highest BCUT2D eigenvalue weighted by Gasteiger charge is 2.28. The molecule has 4 rings (SSSR count). The molecule has 0 aliphatic rings. The minimum atomic E-state index is 0.227. The van der Waals surface area contributed by atoms with Gasteiger partial charge < -0.3 is 10.4 Å². The summed E-state index contributed by atoms with van der Waals surface area (Å²) in [6.45, 7) is 3.73. The van der Waals surface area contributed by atoms with Crippen molar-refractivity contribution in [3.05, 3.63) is 83.2 Å². The zero-order valence-electron chi connectivity index (χ0n) is 14.1. The Morgan fingerprint density at radius 2 is 1.56 bits per heavy atom. The van der Waals surface area contributed by atoms with Gasteiger partial charge in [0.05, 0.1) is 5.56 Å². The highest BCUT2D eigenvalue weighted by Crippen LogP contribution is 2.31. The SMILES string of the molecule is Cc1ccc(-c2c(C)[n+]([O-])c(-c3cccc4ccccc34)n2O)cc1. The first-order valence-electron chi connectivity index (χ1n) is 8.17. The average Bonchev–Trinajstić information content (AvgIpc) is 2.85. The van der Waals surface area contributed by atoms with E-state index in [4.69, 9.17) is 0 Å². The molecule has 4 heteroatoms. The summed E-state index contributed by atoms with van der Waals surface area (Å²) in [6, 6.07) is 21.3. The predicted octanol–water partition coefficient (Wildman–Crippen LogP) is 4.46. The molecule has 0 atom stereocenters. The van der Waals surface area contributed by atoms with Crippen LogP contribution in [0.1, 0.15) is 11.3 Å². The van der Waals surface area contributed by atoms with Gasteiger partial charge in [0, 0.05) is 12.5 Å². The van der Waals surface area contributed by atoms with E-state index in [0.29, 0.717) is 17.0 Å². The number of rotatable bonds is 2. The van der Waals surface area contributed by atoms with Crippen molar-refractivity contribution in [2.45, 2.75) is 13.8 Å². The van der Waals surface area contributed by atoms with E-state index in [0.717, 1.165) is 31.4 Å². The second kappa shape index (κ2) is 5.67. The van der Waals surface area contributed by atoms with Crippen LogP contribution < -0.4 is 4.73 Å². The molecule has 0 bridgehead atoms. The molecular weight excluding hydrogens is 312 g/mol. The van der Waals surface area contributed by atoms with Crippen molar-refractivity contribution in [2.75, 3.05) is 0 Å². The van der Waals surface area contributed by atoms with E-state index in [-0.39, 0.29) is 5.82 Å². The standard InChI is InChI=1S/C21H18N2O2/c1-14-10-12-17(13-11-14)20-15(2)22(24)21(23(20)25)19-9-5-7-16-6-3-4-8-18(16)19/h3-13,25H,1-2H3. The van der Waals surface area contributed by atoms with Gasteiger partial charge in [-0.2, -0.15) is 0 Å². The normalized spacial score (nSPS) is 11.1. The lowest BCUT2D eigenvalue weighted by atomic mass is 10.0. The van der Waals surface area contributed by atoms with Gasteiger partial charge in [-0.25, -0.2) is 4.73 Å². The number of hydrogen-bond donors (Lipinski definition) is 1. The van der Waals surface area contributed by atoms with Gasteiger partial charge in [-0.15, -0.1) is 0 Å². The third-order valence-corrected chi connectivity index (χ3v) is 4.61. The van der Waals surface area contributed by atoms with E-state index in [1.165, 1.54) is 0 Å². The smallest absolute Gasteiger partial charge is 0.332 e.